The fraction of sp³-hybridized carbons (Fsp3) is 0.286. The molecule has 0 aromatic carbocycles. The Morgan fingerprint density at radius 2 is 2.19 bits per heavy atom. The summed E-state index contributed by atoms with van der Waals surface area (Å²) in [5.74, 6) is 3.28. The average molecular weight is 301 g/mol. The summed E-state index contributed by atoms with van der Waals surface area (Å²) >= 11 is 1.34. The molecule has 6 nitrogen and oxygen atoms in total. The first-order valence-electron chi connectivity index (χ1n) is 6.42. The quantitative estimate of drug-likeness (QED) is 0.641. The topological polar surface area (TPSA) is 72.7 Å². The number of aromatic nitrogens is 4. The zero-order valence-corrected chi connectivity index (χ0v) is 12.4. The van der Waals surface area contributed by atoms with E-state index in [4.69, 9.17) is 6.42 Å². The summed E-state index contributed by atoms with van der Waals surface area (Å²) in [5, 5.41) is 11.7. The van der Waals surface area contributed by atoms with Crippen LogP contribution < -0.4 is 5.32 Å². The van der Waals surface area contributed by atoms with Gasteiger partial charge < -0.3 is 9.88 Å². The Hall–Kier alpha value is -2.33. The lowest BCUT2D eigenvalue weighted by Gasteiger charge is -2.07. The Kier molecular flexibility index (Phi) is 5.35. The van der Waals surface area contributed by atoms with Gasteiger partial charge >= 0.3 is 0 Å². The zero-order valence-electron chi connectivity index (χ0n) is 11.6. The van der Waals surface area contributed by atoms with Gasteiger partial charge in [0.25, 0.3) is 0 Å². The molecule has 2 rings (SSSR count). The molecule has 0 unspecified atom stereocenters. The van der Waals surface area contributed by atoms with E-state index in [-0.39, 0.29) is 18.2 Å². The second-order valence-electron chi connectivity index (χ2n) is 4.06. The Bertz CT molecular complexity index is 647. The fourth-order valence-corrected chi connectivity index (χ4v) is 2.56. The molecule has 0 atom stereocenters. The Labute approximate surface area is 127 Å². The van der Waals surface area contributed by atoms with E-state index in [2.05, 4.69) is 26.4 Å². The van der Waals surface area contributed by atoms with E-state index in [1.165, 1.54) is 11.8 Å². The SMILES string of the molecule is C#CCNC(=O)CSc1nnc(-c2ccncc2)n1CC. The summed E-state index contributed by atoms with van der Waals surface area (Å²) in [6.07, 6.45) is 8.52. The number of hydrogen-bond donors (Lipinski definition) is 1. The lowest BCUT2D eigenvalue weighted by Crippen LogP contribution is -2.25. The maximum Gasteiger partial charge on any atom is 0.231 e. The number of nitrogens with zero attached hydrogens (tertiary/aromatic N) is 4. The van der Waals surface area contributed by atoms with Crippen LogP contribution in [-0.4, -0.2) is 38.0 Å². The molecule has 0 fully saturated rings. The van der Waals surface area contributed by atoms with Crippen molar-refractivity contribution in [1.82, 2.24) is 25.1 Å². The van der Waals surface area contributed by atoms with E-state index in [1.54, 1.807) is 12.4 Å². The number of carbonyl (C=O) groups excluding carboxylic acids is 1. The van der Waals surface area contributed by atoms with Crippen molar-refractivity contribution in [1.29, 1.82) is 0 Å². The molecule has 0 aliphatic carbocycles. The summed E-state index contributed by atoms with van der Waals surface area (Å²) in [6.45, 7) is 2.97. The van der Waals surface area contributed by atoms with E-state index in [0.29, 0.717) is 5.16 Å². The number of rotatable bonds is 6. The number of amides is 1. The standard InChI is InChI=1S/C14H15N5OS/c1-3-7-16-12(20)10-21-14-18-17-13(19(14)4-2)11-5-8-15-9-6-11/h1,5-6,8-9H,4,7,10H2,2H3,(H,16,20). The van der Waals surface area contributed by atoms with Crippen LogP contribution in [-0.2, 0) is 11.3 Å². The Morgan fingerprint density at radius 3 is 2.86 bits per heavy atom. The van der Waals surface area contributed by atoms with Crippen LogP contribution in [0.15, 0.2) is 29.7 Å². The van der Waals surface area contributed by atoms with E-state index in [1.807, 2.05) is 23.6 Å². The van der Waals surface area contributed by atoms with Crippen LogP contribution in [0.4, 0.5) is 0 Å². The van der Waals surface area contributed by atoms with Crippen LogP contribution in [0.25, 0.3) is 11.4 Å². The van der Waals surface area contributed by atoms with Gasteiger partial charge in [-0.05, 0) is 19.1 Å². The number of nitrogens with one attached hydrogen (secondary N) is 1. The highest BCUT2D eigenvalue weighted by Crippen LogP contribution is 2.23. The van der Waals surface area contributed by atoms with E-state index in [0.717, 1.165) is 17.9 Å². The van der Waals surface area contributed by atoms with Crippen LogP contribution in [0.3, 0.4) is 0 Å². The van der Waals surface area contributed by atoms with Gasteiger partial charge in [0.1, 0.15) is 0 Å². The van der Waals surface area contributed by atoms with Crippen LogP contribution in [0.2, 0.25) is 0 Å². The number of hydrogen-bond acceptors (Lipinski definition) is 5. The normalized spacial score (nSPS) is 10.1. The molecule has 0 aliphatic rings. The maximum atomic E-state index is 11.6. The molecule has 0 spiro atoms. The summed E-state index contributed by atoms with van der Waals surface area (Å²) < 4.78 is 1.97. The number of pyridine rings is 1. The number of thioether (sulfide) groups is 1. The molecule has 2 heterocycles. The van der Waals surface area contributed by atoms with Gasteiger partial charge in [0.15, 0.2) is 11.0 Å². The highest BCUT2D eigenvalue weighted by atomic mass is 32.2. The van der Waals surface area contributed by atoms with Crippen molar-refractivity contribution < 1.29 is 4.79 Å². The molecule has 1 N–H and O–H groups in total. The molecule has 0 aliphatic heterocycles. The molecule has 1 amide bonds. The Balaban J connectivity index is 2.10. The molecule has 0 saturated heterocycles. The van der Waals surface area contributed by atoms with E-state index in [9.17, 15) is 4.79 Å². The van der Waals surface area contributed by atoms with Crippen molar-refractivity contribution in [3.8, 4) is 23.7 Å². The lowest BCUT2D eigenvalue weighted by molar-refractivity contribution is -0.118. The third kappa shape index (κ3) is 3.83. The minimum absolute atomic E-state index is 0.117. The summed E-state index contributed by atoms with van der Waals surface area (Å²) in [6, 6.07) is 3.76. The summed E-state index contributed by atoms with van der Waals surface area (Å²) in [7, 11) is 0. The molecule has 0 bridgehead atoms. The predicted octanol–water partition coefficient (Wildman–Crippen LogP) is 1.20. The maximum absolute atomic E-state index is 11.6. The van der Waals surface area contributed by atoms with Gasteiger partial charge in [-0.15, -0.1) is 16.6 Å². The van der Waals surface area contributed by atoms with Gasteiger partial charge in [0.05, 0.1) is 12.3 Å². The first kappa shape index (κ1) is 15.1. The smallest absolute Gasteiger partial charge is 0.231 e. The van der Waals surface area contributed by atoms with Gasteiger partial charge in [-0.2, -0.15) is 0 Å². The van der Waals surface area contributed by atoms with Crippen molar-refractivity contribution >= 4 is 17.7 Å². The third-order valence-corrected chi connectivity index (χ3v) is 3.66. The highest BCUT2D eigenvalue weighted by molar-refractivity contribution is 7.99. The van der Waals surface area contributed by atoms with Crippen LogP contribution in [0, 0.1) is 12.3 Å². The van der Waals surface area contributed by atoms with Crippen molar-refractivity contribution in [3.05, 3.63) is 24.5 Å². The van der Waals surface area contributed by atoms with E-state index < -0.39 is 0 Å². The van der Waals surface area contributed by atoms with Crippen molar-refractivity contribution in [3.63, 3.8) is 0 Å². The first-order valence-corrected chi connectivity index (χ1v) is 7.41. The minimum atomic E-state index is -0.117. The van der Waals surface area contributed by atoms with Gasteiger partial charge in [0, 0.05) is 24.5 Å². The lowest BCUT2D eigenvalue weighted by atomic mass is 10.2. The van der Waals surface area contributed by atoms with Crippen molar-refractivity contribution in [2.24, 2.45) is 0 Å². The molecule has 21 heavy (non-hydrogen) atoms. The van der Waals surface area contributed by atoms with Crippen LogP contribution in [0.5, 0.6) is 0 Å². The predicted molar refractivity (Wildman–Crippen MR) is 81.5 cm³/mol. The molecule has 108 valence electrons. The highest BCUT2D eigenvalue weighted by Gasteiger charge is 2.14. The molecule has 0 saturated carbocycles. The van der Waals surface area contributed by atoms with Gasteiger partial charge in [0.2, 0.25) is 5.91 Å². The average Bonchev–Trinajstić information content (AvgIpc) is 2.94. The van der Waals surface area contributed by atoms with Gasteiger partial charge in [-0.25, -0.2) is 0 Å². The number of carbonyl (C=O) groups is 1. The molecule has 7 heteroatoms. The van der Waals surface area contributed by atoms with Gasteiger partial charge in [-0.3, -0.25) is 9.78 Å². The van der Waals surface area contributed by atoms with Crippen molar-refractivity contribution in [2.75, 3.05) is 12.3 Å². The van der Waals surface area contributed by atoms with Crippen molar-refractivity contribution in [2.45, 2.75) is 18.6 Å². The first-order chi connectivity index (χ1) is 10.3. The molecule has 2 aromatic rings. The summed E-state index contributed by atoms with van der Waals surface area (Å²) in [4.78, 5) is 15.5. The van der Waals surface area contributed by atoms with E-state index >= 15 is 0 Å². The third-order valence-electron chi connectivity index (χ3n) is 2.69. The second-order valence-corrected chi connectivity index (χ2v) is 5.00. The molecule has 0 radical (unpaired) electrons. The molecular weight excluding hydrogens is 286 g/mol. The zero-order chi connectivity index (χ0) is 15.1. The van der Waals surface area contributed by atoms with Crippen LogP contribution >= 0.6 is 11.8 Å². The number of terminal acetylenes is 1. The summed E-state index contributed by atoms with van der Waals surface area (Å²) in [5.41, 5.74) is 0.947. The van der Waals surface area contributed by atoms with Crippen LogP contribution in [0.1, 0.15) is 6.92 Å². The second kappa shape index (κ2) is 7.45. The minimum Gasteiger partial charge on any atom is -0.344 e. The fourth-order valence-electron chi connectivity index (χ4n) is 1.73. The Morgan fingerprint density at radius 1 is 1.43 bits per heavy atom. The largest absolute Gasteiger partial charge is 0.344 e. The monoisotopic (exact) mass is 301 g/mol. The molecule has 2 aromatic heterocycles. The molecular formula is C14H15N5OS. The van der Waals surface area contributed by atoms with Gasteiger partial charge in [-0.1, -0.05) is 17.7 Å².